The Hall–Kier alpha value is -2.28. The summed E-state index contributed by atoms with van der Waals surface area (Å²) < 4.78 is 0. The highest BCUT2D eigenvalue weighted by molar-refractivity contribution is 8.18. The Morgan fingerprint density at radius 3 is 2.37 bits per heavy atom. The number of anilines is 1. The number of hydrogen-bond acceptors (Lipinski definition) is 5. The van der Waals surface area contributed by atoms with E-state index in [0.29, 0.717) is 11.6 Å². The summed E-state index contributed by atoms with van der Waals surface area (Å²) in [5.74, 6) is -0.210. The Balaban J connectivity index is 1.36. The largest absolute Gasteiger partial charge is 0.369 e. The summed E-state index contributed by atoms with van der Waals surface area (Å²) >= 11 is 7.28. The number of imide groups is 1. The van der Waals surface area contributed by atoms with E-state index in [1.165, 1.54) is 4.90 Å². The molecular weight excluding hydrogens is 418 g/mol. The maximum absolute atomic E-state index is 12.8. The molecule has 2 saturated heterocycles. The molecule has 0 unspecified atom stereocenters. The van der Waals surface area contributed by atoms with Crippen LogP contribution in [0.4, 0.5) is 10.5 Å². The fourth-order valence-electron chi connectivity index (χ4n) is 3.56. The molecular formula is C23H24ClN3O2S. The lowest BCUT2D eigenvalue weighted by Gasteiger charge is -2.37. The van der Waals surface area contributed by atoms with Gasteiger partial charge in [0.1, 0.15) is 0 Å². The summed E-state index contributed by atoms with van der Waals surface area (Å²) in [6.07, 6.45) is 1.80. The standard InChI is InChI=1S/C23H24ClN3O2S/c1-16-3-6-18(7-4-16)13-21-22(28)27(23(29)30-21)15-25-9-11-26(12-10-25)19-8-5-17(2)20(24)14-19/h3-8,13-14H,9-12,15H2,1-2H3. The van der Waals surface area contributed by atoms with Crippen LogP contribution in [0.25, 0.3) is 6.08 Å². The van der Waals surface area contributed by atoms with Crippen LogP contribution in [0.2, 0.25) is 5.02 Å². The van der Waals surface area contributed by atoms with Gasteiger partial charge in [-0.1, -0.05) is 47.5 Å². The molecule has 2 amide bonds. The summed E-state index contributed by atoms with van der Waals surface area (Å²) in [7, 11) is 0. The van der Waals surface area contributed by atoms with Crippen molar-refractivity contribution < 1.29 is 9.59 Å². The van der Waals surface area contributed by atoms with Crippen LogP contribution in [-0.4, -0.2) is 53.8 Å². The van der Waals surface area contributed by atoms with E-state index in [1.54, 1.807) is 6.08 Å². The second-order valence-corrected chi connectivity index (χ2v) is 9.10. The van der Waals surface area contributed by atoms with Gasteiger partial charge in [-0.25, -0.2) is 0 Å². The van der Waals surface area contributed by atoms with Crippen molar-refractivity contribution in [2.75, 3.05) is 37.7 Å². The summed E-state index contributed by atoms with van der Waals surface area (Å²) in [6.45, 7) is 7.56. The van der Waals surface area contributed by atoms with Crippen molar-refractivity contribution in [3.63, 3.8) is 0 Å². The summed E-state index contributed by atoms with van der Waals surface area (Å²) in [5.41, 5.74) is 4.26. The van der Waals surface area contributed by atoms with Crippen molar-refractivity contribution in [2.24, 2.45) is 0 Å². The van der Waals surface area contributed by atoms with E-state index in [9.17, 15) is 9.59 Å². The first-order chi connectivity index (χ1) is 14.4. The van der Waals surface area contributed by atoms with Crippen molar-refractivity contribution in [1.82, 2.24) is 9.80 Å². The third kappa shape index (κ3) is 4.56. The van der Waals surface area contributed by atoms with Crippen molar-refractivity contribution in [1.29, 1.82) is 0 Å². The molecule has 2 heterocycles. The normalized spacial score (nSPS) is 19.2. The van der Waals surface area contributed by atoms with Crippen LogP contribution < -0.4 is 4.90 Å². The third-order valence-corrected chi connectivity index (χ3v) is 6.80. The highest BCUT2D eigenvalue weighted by Crippen LogP contribution is 2.32. The van der Waals surface area contributed by atoms with Gasteiger partial charge in [-0.05, 0) is 54.9 Å². The van der Waals surface area contributed by atoms with Gasteiger partial charge in [0, 0.05) is 36.9 Å². The van der Waals surface area contributed by atoms with Crippen LogP contribution in [0, 0.1) is 13.8 Å². The number of carbonyl (C=O) groups is 2. The molecule has 0 atom stereocenters. The van der Waals surface area contributed by atoms with E-state index in [-0.39, 0.29) is 11.1 Å². The van der Waals surface area contributed by atoms with Gasteiger partial charge in [-0.2, -0.15) is 0 Å². The van der Waals surface area contributed by atoms with Crippen LogP contribution in [0.1, 0.15) is 16.7 Å². The zero-order valence-electron chi connectivity index (χ0n) is 17.1. The molecule has 0 aromatic heterocycles. The van der Waals surface area contributed by atoms with Gasteiger partial charge in [0.05, 0.1) is 11.6 Å². The number of nitrogens with zero attached hydrogens (tertiary/aromatic N) is 3. The number of piperazine rings is 1. The fourth-order valence-corrected chi connectivity index (χ4v) is 4.57. The van der Waals surface area contributed by atoms with E-state index in [2.05, 4.69) is 15.9 Å². The Bertz CT molecular complexity index is 998. The maximum Gasteiger partial charge on any atom is 0.294 e. The number of aryl methyl sites for hydroxylation is 2. The van der Waals surface area contributed by atoms with Crippen LogP contribution >= 0.6 is 23.4 Å². The van der Waals surface area contributed by atoms with E-state index < -0.39 is 0 Å². The Kier molecular flexibility index (Phi) is 6.18. The van der Waals surface area contributed by atoms with Gasteiger partial charge in [0.25, 0.3) is 11.1 Å². The highest BCUT2D eigenvalue weighted by Gasteiger charge is 2.36. The van der Waals surface area contributed by atoms with Crippen LogP contribution in [-0.2, 0) is 4.79 Å². The summed E-state index contributed by atoms with van der Waals surface area (Å²) in [6, 6.07) is 14.0. The Labute approximate surface area is 186 Å². The molecule has 7 heteroatoms. The monoisotopic (exact) mass is 441 g/mol. The molecule has 156 valence electrons. The average Bonchev–Trinajstić information content (AvgIpc) is 3.00. The molecule has 30 heavy (non-hydrogen) atoms. The number of carbonyl (C=O) groups excluding carboxylic acids is 2. The molecule has 2 aromatic rings. The van der Waals surface area contributed by atoms with Crippen molar-refractivity contribution in [3.8, 4) is 0 Å². The number of amides is 2. The van der Waals surface area contributed by atoms with Crippen LogP contribution in [0.5, 0.6) is 0 Å². The molecule has 0 radical (unpaired) electrons. The SMILES string of the molecule is Cc1ccc(C=C2SC(=O)N(CN3CCN(c4ccc(C)c(Cl)c4)CC3)C2=O)cc1. The minimum Gasteiger partial charge on any atom is -0.369 e. The second-order valence-electron chi connectivity index (χ2n) is 7.70. The zero-order valence-corrected chi connectivity index (χ0v) is 18.7. The smallest absolute Gasteiger partial charge is 0.294 e. The molecule has 0 saturated carbocycles. The highest BCUT2D eigenvalue weighted by atomic mass is 35.5. The number of hydrogen-bond donors (Lipinski definition) is 0. The molecule has 0 bridgehead atoms. The van der Waals surface area contributed by atoms with Crippen LogP contribution in [0.3, 0.4) is 0 Å². The minimum atomic E-state index is -0.210. The average molecular weight is 442 g/mol. The van der Waals surface area contributed by atoms with Crippen molar-refractivity contribution >= 4 is 46.3 Å². The maximum atomic E-state index is 12.8. The van der Waals surface area contributed by atoms with Gasteiger partial charge < -0.3 is 4.90 Å². The van der Waals surface area contributed by atoms with Gasteiger partial charge in [-0.3, -0.25) is 19.4 Å². The van der Waals surface area contributed by atoms with E-state index in [1.807, 2.05) is 50.2 Å². The van der Waals surface area contributed by atoms with E-state index in [0.717, 1.165) is 65.3 Å². The number of benzene rings is 2. The third-order valence-electron chi connectivity index (χ3n) is 5.48. The van der Waals surface area contributed by atoms with Gasteiger partial charge in [-0.15, -0.1) is 0 Å². The Morgan fingerprint density at radius 1 is 1.00 bits per heavy atom. The molecule has 5 nitrogen and oxygen atoms in total. The number of rotatable bonds is 4. The predicted octanol–water partition coefficient (Wildman–Crippen LogP) is 4.77. The first-order valence-electron chi connectivity index (χ1n) is 9.96. The first-order valence-corrected chi connectivity index (χ1v) is 11.2. The molecule has 2 aliphatic heterocycles. The summed E-state index contributed by atoms with van der Waals surface area (Å²) in [5, 5.41) is 0.569. The number of halogens is 1. The van der Waals surface area contributed by atoms with E-state index >= 15 is 0 Å². The van der Waals surface area contributed by atoms with Gasteiger partial charge >= 0.3 is 0 Å². The molecule has 0 aliphatic carbocycles. The zero-order chi connectivity index (χ0) is 21.3. The molecule has 0 N–H and O–H groups in total. The molecule has 2 aliphatic rings. The topological polar surface area (TPSA) is 43.9 Å². The van der Waals surface area contributed by atoms with Crippen molar-refractivity contribution in [2.45, 2.75) is 13.8 Å². The lowest BCUT2D eigenvalue weighted by Crippen LogP contribution is -2.50. The Morgan fingerprint density at radius 2 is 1.70 bits per heavy atom. The second kappa shape index (κ2) is 8.84. The van der Waals surface area contributed by atoms with Crippen LogP contribution in [0.15, 0.2) is 47.4 Å². The lowest BCUT2D eigenvalue weighted by atomic mass is 10.1. The van der Waals surface area contributed by atoms with E-state index in [4.69, 9.17) is 11.6 Å². The molecule has 2 aromatic carbocycles. The first kappa shape index (κ1) is 21.0. The van der Waals surface area contributed by atoms with Gasteiger partial charge in [0.15, 0.2) is 0 Å². The van der Waals surface area contributed by atoms with Gasteiger partial charge in [0.2, 0.25) is 0 Å². The van der Waals surface area contributed by atoms with Crippen molar-refractivity contribution in [3.05, 3.63) is 69.1 Å². The minimum absolute atomic E-state index is 0.203. The predicted molar refractivity (Wildman–Crippen MR) is 124 cm³/mol. The molecule has 2 fully saturated rings. The fraction of sp³-hybridized carbons (Fsp3) is 0.304. The molecule has 0 spiro atoms. The summed E-state index contributed by atoms with van der Waals surface area (Å²) in [4.78, 5) is 31.5. The number of thioether (sulfide) groups is 1. The molecule has 4 rings (SSSR count). The lowest BCUT2D eigenvalue weighted by molar-refractivity contribution is -0.124. The quantitative estimate of drug-likeness (QED) is 0.639.